The summed E-state index contributed by atoms with van der Waals surface area (Å²) in [4.78, 5) is 11.1. The van der Waals surface area contributed by atoms with Gasteiger partial charge in [-0.2, -0.15) is 13.2 Å². The van der Waals surface area contributed by atoms with E-state index in [9.17, 15) is 27.7 Å². The summed E-state index contributed by atoms with van der Waals surface area (Å²) >= 11 is 0. The lowest BCUT2D eigenvalue weighted by atomic mass is 10.1. The standard InChI is InChI=1S/C13H14F4N2O2/c14-11-2-1-3-12(19(20)21)10(11)7-18(6-9-4-5-9)8-13(15,16)17/h1-3,9H,4-8H2. The summed E-state index contributed by atoms with van der Waals surface area (Å²) < 4.78 is 51.5. The van der Waals surface area contributed by atoms with Crippen molar-refractivity contribution < 1.29 is 22.5 Å². The van der Waals surface area contributed by atoms with E-state index in [-0.39, 0.29) is 18.0 Å². The van der Waals surface area contributed by atoms with Crippen LogP contribution in [-0.2, 0) is 6.54 Å². The molecule has 0 bridgehead atoms. The monoisotopic (exact) mass is 306 g/mol. The molecule has 21 heavy (non-hydrogen) atoms. The fraction of sp³-hybridized carbons (Fsp3) is 0.538. The fourth-order valence-electron chi connectivity index (χ4n) is 2.20. The molecular formula is C13H14F4N2O2. The summed E-state index contributed by atoms with van der Waals surface area (Å²) in [7, 11) is 0. The van der Waals surface area contributed by atoms with E-state index in [1.807, 2.05) is 0 Å². The van der Waals surface area contributed by atoms with E-state index in [1.165, 1.54) is 6.07 Å². The zero-order chi connectivity index (χ0) is 15.6. The van der Waals surface area contributed by atoms with Crippen LogP contribution in [0.5, 0.6) is 0 Å². The van der Waals surface area contributed by atoms with Crippen LogP contribution in [0.25, 0.3) is 0 Å². The number of hydrogen-bond donors (Lipinski definition) is 0. The molecule has 0 amide bonds. The molecule has 0 spiro atoms. The number of nitrogens with zero attached hydrogens (tertiary/aromatic N) is 2. The topological polar surface area (TPSA) is 46.4 Å². The van der Waals surface area contributed by atoms with Crippen molar-refractivity contribution in [3.05, 3.63) is 39.7 Å². The number of nitro groups is 1. The lowest BCUT2D eigenvalue weighted by molar-refractivity contribution is -0.386. The van der Waals surface area contributed by atoms with E-state index in [4.69, 9.17) is 0 Å². The third-order valence-electron chi connectivity index (χ3n) is 3.29. The van der Waals surface area contributed by atoms with Gasteiger partial charge in [-0.1, -0.05) is 6.07 Å². The van der Waals surface area contributed by atoms with Crippen LogP contribution < -0.4 is 0 Å². The van der Waals surface area contributed by atoms with Gasteiger partial charge in [-0.3, -0.25) is 15.0 Å². The lowest BCUT2D eigenvalue weighted by Gasteiger charge is -2.23. The SMILES string of the molecule is O=[N+]([O-])c1cccc(F)c1CN(CC1CC1)CC(F)(F)F. The molecule has 1 aliphatic carbocycles. The van der Waals surface area contributed by atoms with Gasteiger partial charge in [0.25, 0.3) is 5.69 Å². The Balaban J connectivity index is 2.20. The minimum Gasteiger partial charge on any atom is -0.290 e. The van der Waals surface area contributed by atoms with Crippen molar-refractivity contribution in [3.63, 3.8) is 0 Å². The summed E-state index contributed by atoms with van der Waals surface area (Å²) in [6.07, 6.45) is -2.74. The number of alkyl halides is 3. The van der Waals surface area contributed by atoms with Crippen molar-refractivity contribution in [2.45, 2.75) is 25.6 Å². The molecule has 0 unspecified atom stereocenters. The Morgan fingerprint density at radius 3 is 2.52 bits per heavy atom. The first-order valence-electron chi connectivity index (χ1n) is 6.47. The fourth-order valence-corrected chi connectivity index (χ4v) is 2.20. The first-order chi connectivity index (χ1) is 9.76. The Bertz CT molecular complexity index is 529. The van der Waals surface area contributed by atoms with Gasteiger partial charge in [-0.05, 0) is 24.8 Å². The van der Waals surface area contributed by atoms with Crippen LogP contribution in [0.15, 0.2) is 18.2 Å². The summed E-state index contributed by atoms with van der Waals surface area (Å²) in [6.45, 7) is -1.45. The molecule has 0 N–H and O–H groups in total. The second kappa shape index (κ2) is 5.97. The molecule has 0 radical (unpaired) electrons. The Labute approximate surface area is 118 Å². The second-order valence-electron chi connectivity index (χ2n) is 5.22. The maximum Gasteiger partial charge on any atom is 0.401 e. The van der Waals surface area contributed by atoms with Gasteiger partial charge >= 0.3 is 6.18 Å². The zero-order valence-electron chi connectivity index (χ0n) is 11.1. The molecule has 1 aliphatic rings. The molecule has 1 aromatic carbocycles. The van der Waals surface area contributed by atoms with Crippen LogP contribution in [0.3, 0.4) is 0 Å². The van der Waals surface area contributed by atoms with E-state index < -0.39 is 35.7 Å². The molecule has 0 heterocycles. The number of nitro benzene ring substituents is 1. The molecule has 1 aromatic rings. The minimum atomic E-state index is -4.42. The molecule has 2 rings (SSSR count). The molecular weight excluding hydrogens is 292 g/mol. The molecule has 0 atom stereocenters. The highest BCUT2D eigenvalue weighted by molar-refractivity contribution is 5.40. The highest BCUT2D eigenvalue weighted by Gasteiger charge is 2.35. The van der Waals surface area contributed by atoms with Gasteiger partial charge in [0.15, 0.2) is 0 Å². The van der Waals surface area contributed by atoms with Crippen LogP contribution in [0.2, 0.25) is 0 Å². The largest absolute Gasteiger partial charge is 0.401 e. The van der Waals surface area contributed by atoms with Gasteiger partial charge in [-0.15, -0.1) is 0 Å². The summed E-state index contributed by atoms with van der Waals surface area (Å²) in [5, 5.41) is 10.9. The van der Waals surface area contributed by atoms with Crippen molar-refractivity contribution in [2.75, 3.05) is 13.1 Å². The van der Waals surface area contributed by atoms with Gasteiger partial charge in [0, 0.05) is 19.2 Å². The van der Waals surface area contributed by atoms with E-state index >= 15 is 0 Å². The summed E-state index contributed by atoms with van der Waals surface area (Å²) in [5.41, 5.74) is -0.787. The predicted octanol–water partition coefficient (Wildman–Crippen LogP) is 3.51. The number of halogens is 4. The van der Waals surface area contributed by atoms with Crippen LogP contribution in [0.1, 0.15) is 18.4 Å². The maximum atomic E-state index is 13.7. The highest BCUT2D eigenvalue weighted by atomic mass is 19.4. The van der Waals surface area contributed by atoms with Crippen LogP contribution in [-0.4, -0.2) is 29.1 Å². The molecule has 0 aliphatic heterocycles. The lowest BCUT2D eigenvalue weighted by Crippen LogP contribution is -2.35. The Morgan fingerprint density at radius 1 is 1.33 bits per heavy atom. The first kappa shape index (κ1) is 15.7. The Morgan fingerprint density at radius 2 is 2.00 bits per heavy atom. The quantitative estimate of drug-likeness (QED) is 0.459. The van der Waals surface area contributed by atoms with Gasteiger partial charge in [-0.25, -0.2) is 4.39 Å². The molecule has 8 heteroatoms. The summed E-state index contributed by atoms with van der Waals surface area (Å²) in [5.74, 6) is -0.689. The molecule has 0 saturated heterocycles. The Kier molecular flexibility index (Phi) is 4.46. The van der Waals surface area contributed by atoms with Gasteiger partial charge in [0.1, 0.15) is 5.82 Å². The molecule has 4 nitrogen and oxygen atoms in total. The molecule has 1 fully saturated rings. The van der Waals surface area contributed by atoms with Crippen molar-refractivity contribution in [3.8, 4) is 0 Å². The van der Waals surface area contributed by atoms with E-state index in [0.717, 1.165) is 29.9 Å². The third-order valence-corrected chi connectivity index (χ3v) is 3.29. The predicted molar refractivity (Wildman–Crippen MR) is 67.1 cm³/mol. The van der Waals surface area contributed by atoms with Crippen molar-refractivity contribution in [1.29, 1.82) is 0 Å². The average molecular weight is 306 g/mol. The maximum absolute atomic E-state index is 13.7. The normalized spacial score (nSPS) is 15.5. The first-order valence-corrected chi connectivity index (χ1v) is 6.47. The van der Waals surface area contributed by atoms with Gasteiger partial charge in [0.2, 0.25) is 0 Å². The smallest absolute Gasteiger partial charge is 0.290 e. The average Bonchev–Trinajstić information content (AvgIpc) is 3.13. The van der Waals surface area contributed by atoms with E-state index in [1.54, 1.807) is 0 Å². The number of hydrogen-bond acceptors (Lipinski definition) is 3. The zero-order valence-corrected chi connectivity index (χ0v) is 11.1. The molecule has 116 valence electrons. The van der Waals surface area contributed by atoms with E-state index in [0.29, 0.717) is 0 Å². The minimum absolute atomic E-state index is 0.165. The highest BCUT2D eigenvalue weighted by Crippen LogP contribution is 2.32. The van der Waals surface area contributed by atoms with E-state index in [2.05, 4.69) is 0 Å². The van der Waals surface area contributed by atoms with Gasteiger partial charge < -0.3 is 0 Å². The van der Waals surface area contributed by atoms with Crippen molar-refractivity contribution in [1.82, 2.24) is 4.90 Å². The third kappa shape index (κ3) is 4.66. The van der Waals surface area contributed by atoms with Crippen molar-refractivity contribution in [2.24, 2.45) is 5.92 Å². The molecule has 0 aromatic heterocycles. The summed E-state index contributed by atoms with van der Waals surface area (Å²) in [6, 6.07) is 3.29. The van der Waals surface area contributed by atoms with Crippen LogP contribution >= 0.6 is 0 Å². The van der Waals surface area contributed by atoms with Crippen LogP contribution in [0.4, 0.5) is 23.2 Å². The Hall–Kier alpha value is -1.70. The second-order valence-corrected chi connectivity index (χ2v) is 5.22. The number of benzene rings is 1. The van der Waals surface area contributed by atoms with Gasteiger partial charge in [0.05, 0.1) is 17.0 Å². The number of rotatable bonds is 6. The molecule has 1 saturated carbocycles. The van der Waals surface area contributed by atoms with Crippen molar-refractivity contribution >= 4 is 5.69 Å². The van der Waals surface area contributed by atoms with Crippen LogP contribution in [0, 0.1) is 21.8 Å².